The van der Waals surface area contributed by atoms with Crippen molar-refractivity contribution >= 4 is 5.91 Å². The molecule has 0 radical (unpaired) electrons. The van der Waals surface area contributed by atoms with E-state index in [1.54, 1.807) is 6.08 Å². The first-order valence-electron chi connectivity index (χ1n) is 39.6. The summed E-state index contributed by atoms with van der Waals surface area (Å²) >= 11 is 0. The van der Waals surface area contributed by atoms with E-state index in [0.29, 0.717) is 12.8 Å². The monoisotopic (exact) mass is 1390 g/mol. The van der Waals surface area contributed by atoms with Crippen molar-refractivity contribution in [3.8, 4) is 0 Å². The standard InChI is InChI=1S/C85H143NO13/c1-3-5-7-9-11-13-15-17-19-21-23-25-27-29-31-32-33-34-35-36-37-38-39-40-41-42-43-45-47-49-51-53-55-57-59-61-63-65-67-69-77(90)86-73(72-96-84-82(95)80(93)83(76(71-88)98-84)99-85-81(94)79(92)78(91)75(70-87)97-85)74(89)68-66-64-62-60-58-56-54-52-50-48-46-44-30-28-26-24-22-20-18-16-14-12-10-8-6-4-2/h5,7,11,13,17,19,23,25,29,31,33-34,36-37,39-40,42-43,50,52,58,60,66,68,73-76,78-85,87-89,91-95H,3-4,6,8-10,12,14-16,18,20-22,24,26-28,30,32,35,38,41,44-49,51,53-57,59,61-65,67,69-72H2,1-2H3,(H,86,90)/b7-5-,13-11-,19-17-,25-23-,31-29-,34-33-,37-36-,40-39-,43-42-,52-50+,60-58+,68-66+. The van der Waals surface area contributed by atoms with Crippen LogP contribution in [0.5, 0.6) is 0 Å². The summed E-state index contributed by atoms with van der Waals surface area (Å²) in [7, 11) is 0. The fourth-order valence-electron chi connectivity index (χ4n) is 12.0. The topological polar surface area (TPSA) is 228 Å². The maximum atomic E-state index is 13.4. The number of amides is 1. The molecule has 0 saturated carbocycles. The van der Waals surface area contributed by atoms with E-state index in [-0.39, 0.29) is 18.9 Å². The van der Waals surface area contributed by atoms with E-state index in [0.717, 1.165) is 109 Å². The zero-order valence-corrected chi connectivity index (χ0v) is 61.9. The van der Waals surface area contributed by atoms with Gasteiger partial charge in [-0.1, -0.05) is 314 Å². The Bertz CT molecular complexity index is 2230. The van der Waals surface area contributed by atoms with E-state index in [1.165, 1.54) is 148 Å². The molecule has 14 heteroatoms. The molecule has 2 heterocycles. The Morgan fingerprint density at radius 1 is 0.374 bits per heavy atom. The Kier molecular flexibility index (Phi) is 61.6. The maximum absolute atomic E-state index is 13.4. The molecule has 99 heavy (non-hydrogen) atoms. The molecule has 1 amide bonds. The minimum Gasteiger partial charge on any atom is -0.394 e. The molecule has 0 aromatic rings. The molecule has 2 aliphatic rings. The van der Waals surface area contributed by atoms with Gasteiger partial charge in [0.25, 0.3) is 0 Å². The Hall–Kier alpha value is -4.13. The van der Waals surface area contributed by atoms with E-state index >= 15 is 0 Å². The molecular formula is C85H143NO13. The smallest absolute Gasteiger partial charge is 0.220 e. The summed E-state index contributed by atoms with van der Waals surface area (Å²) in [5.74, 6) is -0.260. The van der Waals surface area contributed by atoms with Crippen LogP contribution in [-0.4, -0.2) is 140 Å². The second-order valence-electron chi connectivity index (χ2n) is 27.1. The van der Waals surface area contributed by atoms with Crippen molar-refractivity contribution in [3.63, 3.8) is 0 Å². The average molecular weight is 1390 g/mol. The van der Waals surface area contributed by atoms with Crippen molar-refractivity contribution in [1.29, 1.82) is 0 Å². The molecule has 9 N–H and O–H groups in total. The van der Waals surface area contributed by atoms with Crippen molar-refractivity contribution in [1.82, 2.24) is 5.32 Å². The van der Waals surface area contributed by atoms with Crippen molar-refractivity contribution in [3.05, 3.63) is 146 Å². The SMILES string of the molecule is CC/C=C\C/C=C\C/C=C\C/C=C\C/C=C\C/C=C\C/C=C\C/C=C\C/C=C\CCCCCCCCCCCCCC(=O)NC(COC1OC(CO)C(OC2OC(CO)C(O)C(O)C2O)C(O)C1O)C(O)/C=C/CC/C=C/CC/C=C/CCCCCCCCCCCCCCCCCC. The van der Waals surface area contributed by atoms with E-state index in [1.807, 2.05) is 6.08 Å². The number of carbonyl (C=O) groups excluding carboxylic acids is 1. The molecule has 2 saturated heterocycles. The summed E-state index contributed by atoms with van der Waals surface area (Å²) in [4.78, 5) is 13.4. The van der Waals surface area contributed by atoms with Crippen molar-refractivity contribution in [2.24, 2.45) is 0 Å². The highest BCUT2D eigenvalue weighted by Crippen LogP contribution is 2.30. The molecule has 566 valence electrons. The van der Waals surface area contributed by atoms with Gasteiger partial charge in [-0.25, -0.2) is 0 Å². The quantitative estimate of drug-likeness (QED) is 0.0204. The normalized spacial score (nSPS) is 22.8. The Morgan fingerprint density at radius 3 is 1.11 bits per heavy atom. The van der Waals surface area contributed by atoms with Crippen LogP contribution in [0.15, 0.2) is 146 Å². The minimum absolute atomic E-state index is 0.258. The van der Waals surface area contributed by atoms with Crippen molar-refractivity contribution < 1.29 is 64.6 Å². The van der Waals surface area contributed by atoms with E-state index in [4.69, 9.17) is 18.9 Å². The molecule has 2 aliphatic heterocycles. The minimum atomic E-state index is -1.80. The highest BCUT2D eigenvalue weighted by atomic mass is 16.7. The first-order valence-corrected chi connectivity index (χ1v) is 39.6. The highest BCUT2D eigenvalue weighted by Gasteiger charge is 2.51. The van der Waals surface area contributed by atoms with Crippen LogP contribution in [0.25, 0.3) is 0 Å². The number of ether oxygens (including phenoxy) is 4. The van der Waals surface area contributed by atoms with Gasteiger partial charge in [0.1, 0.15) is 48.8 Å². The number of carbonyl (C=O) groups is 1. The zero-order valence-electron chi connectivity index (χ0n) is 61.9. The molecule has 0 aromatic heterocycles. The van der Waals surface area contributed by atoms with Gasteiger partial charge in [0, 0.05) is 6.42 Å². The largest absolute Gasteiger partial charge is 0.394 e. The molecular weight excluding hydrogens is 1240 g/mol. The first kappa shape index (κ1) is 91.0. The van der Waals surface area contributed by atoms with Gasteiger partial charge in [0.15, 0.2) is 12.6 Å². The van der Waals surface area contributed by atoms with Gasteiger partial charge in [0.2, 0.25) is 5.91 Å². The lowest BCUT2D eigenvalue weighted by atomic mass is 9.97. The summed E-state index contributed by atoms with van der Waals surface area (Å²) in [5.41, 5.74) is 0. The number of unbranched alkanes of at least 4 members (excludes halogenated alkanes) is 29. The number of allylic oxidation sites excluding steroid dienone is 23. The Morgan fingerprint density at radius 2 is 0.707 bits per heavy atom. The van der Waals surface area contributed by atoms with Crippen LogP contribution in [-0.2, 0) is 23.7 Å². The van der Waals surface area contributed by atoms with Gasteiger partial charge >= 0.3 is 0 Å². The molecule has 0 spiro atoms. The number of nitrogens with one attached hydrogen (secondary N) is 1. The molecule has 2 fully saturated rings. The number of aliphatic hydroxyl groups is 8. The lowest BCUT2D eigenvalue weighted by Crippen LogP contribution is -2.65. The summed E-state index contributed by atoms with van der Waals surface area (Å²) in [6.45, 7) is 2.68. The molecule has 14 nitrogen and oxygen atoms in total. The number of hydrogen-bond acceptors (Lipinski definition) is 13. The predicted octanol–water partition coefficient (Wildman–Crippen LogP) is 18.0. The second-order valence-corrected chi connectivity index (χ2v) is 27.1. The molecule has 0 aliphatic carbocycles. The number of hydrogen-bond donors (Lipinski definition) is 9. The third-order valence-electron chi connectivity index (χ3n) is 18.2. The summed E-state index contributed by atoms with van der Waals surface area (Å²) in [5, 5.41) is 87.6. The number of rotatable bonds is 64. The van der Waals surface area contributed by atoms with Gasteiger partial charge in [-0.15, -0.1) is 0 Å². The van der Waals surface area contributed by atoms with Crippen LogP contribution in [0.4, 0.5) is 0 Å². The van der Waals surface area contributed by atoms with Gasteiger partial charge in [-0.05, 0) is 116 Å². The lowest BCUT2D eigenvalue weighted by molar-refractivity contribution is -0.359. The Balaban J connectivity index is 1.65. The third kappa shape index (κ3) is 50.0. The van der Waals surface area contributed by atoms with Gasteiger partial charge in [-0.3, -0.25) is 4.79 Å². The van der Waals surface area contributed by atoms with E-state index < -0.39 is 86.8 Å². The molecule has 12 unspecified atom stereocenters. The van der Waals surface area contributed by atoms with E-state index in [2.05, 4.69) is 153 Å². The summed E-state index contributed by atoms with van der Waals surface area (Å²) < 4.78 is 22.9. The molecule has 12 atom stereocenters. The Labute approximate surface area is 602 Å². The highest BCUT2D eigenvalue weighted by molar-refractivity contribution is 5.76. The van der Waals surface area contributed by atoms with Gasteiger partial charge < -0.3 is 65.1 Å². The van der Waals surface area contributed by atoms with Crippen molar-refractivity contribution in [2.75, 3.05) is 19.8 Å². The third-order valence-corrected chi connectivity index (χ3v) is 18.2. The van der Waals surface area contributed by atoms with Crippen LogP contribution in [0.2, 0.25) is 0 Å². The predicted molar refractivity (Wildman–Crippen MR) is 410 cm³/mol. The average Bonchev–Trinajstić information content (AvgIpc) is 0.794. The zero-order chi connectivity index (χ0) is 71.5. The second kappa shape index (κ2) is 67.1. The summed E-state index contributed by atoms with van der Waals surface area (Å²) in [6, 6.07) is -0.951. The van der Waals surface area contributed by atoms with Gasteiger partial charge in [-0.2, -0.15) is 0 Å². The molecule has 0 aromatic carbocycles. The van der Waals surface area contributed by atoms with Crippen LogP contribution in [0, 0.1) is 0 Å². The lowest BCUT2D eigenvalue weighted by Gasteiger charge is -2.46. The van der Waals surface area contributed by atoms with E-state index in [9.17, 15) is 45.6 Å². The first-order chi connectivity index (χ1) is 48.6. The van der Waals surface area contributed by atoms with Crippen LogP contribution in [0.1, 0.15) is 290 Å². The fourth-order valence-corrected chi connectivity index (χ4v) is 12.0. The number of aliphatic hydroxyl groups excluding tert-OH is 8. The molecule has 2 rings (SSSR count). The maximum Gasteiger partial charge on any atom is 0.220 e. The van der Waals surface area contributed by atoms with Crippen LogP contribution >= 0.6 is 0 Å². The fraction of sp³-hybridized carbons (Fsp3) is 0.706. The van der Waals surface area contributed by atoms with Crippen LogP contribution < -0.4 is 5.32 Å². The van der Waals surface area contributed by atoms with Crippen LogP contribution in [0.3, 0.4) is 0 Å². The summed E-state index contributed by atoms with van der Waals surface area (Å²) in [6.07, 6.45) is 84.9. The molecule has 0 bridgehead atoms. The van der Waals surface area contributed by atoms with Gasteiger partial charge in [0.05, 0.1) is 32.0 Å². The van der Waals surface area contributed by atoms with Crippen molar-refractivity contribution in [2.45, 2.75) is 364 Å².